The second kappa shape index (κ2) is 8.06. The van der Waals surface area contributed by atoms with Crippen LogP contribution < -0.4 is 5.32 Å². The van der Waals surface area contributed by atoms with E-state index in [-0.39, 0.29) is 5.78 Å². The molecule has 0 bridgehead atoms. The van der Waals surface area contributed by atoms with E-state index in [2.05, 4.69) is 5.32 Å². The molecule has 124 valence electrons. The lowest BCUT2D eigenvalue weighted by atomic mass is 9.84. The second-order valence-corrected chi connectivity index (χ2v) is 5.32. The van der Waals surface area contributed by atoms with E-state index in [0.717, 1.165) is 0 Å². The molecule has 0 aromatic heterocycles. The van der Waals surface area contributed by atoms with Gasteiger partial charge in [0.2, 0.25) is 5.91 Å². The third-order valence-corrected chi connectivity index (χ3v) is 3.65. The largest absolute Gasteiger partial charge is 0.467 e. The summed E-state index contributed by atoms with van der Waals surface area (Å²) < 4.78 is 4.80. The molecule has 2 rings (SSSR count). The maximum absolute atomic E-state index is 13.0. The minimum absolute atomic E-state index is 0.258. The van der Waals surface area contributed by atoms with Gasteiger partial charge in [-0.1, -0.05) is 60.7 Å². The highest BCUT2D eigenvalue weighted by atomic mass is 16.5. The second-order valence-electron chi connectivity index (χ2n) is 5.32. The highest BCUT2D eigenvalue weighted by Crippen LogP contribution is 2.25. The average molecular weight is 325 g/mol. The molecule has 0 spiro atoms. The van der Waals surface area contributed by atoms with Gasteiger partial charge in [-0.25, -0.2) is 4.79 Å². The number of nitrogens with one attached hydrogen (secondary N) is 1. The molecule has 0 fully saturated rings. The zero-order valence-corrected chi connectivity index (χ0v) is 13.6. The van der Waals surface area contributed by atoms with E-state index in [0.29, 0.717) is 11.1 Å². The van der Waals surface area contributed by atoms with Crippen molar-refractivity contribution < 1.29 is 19.1 Å². The predicted molar refractivity (Wildman–Crippen MR) is 89.6 cm³/mol. The highest BCUT2D eigenvalue weighted by Gasteiger charge is 2.36. The van der Waals surface area contributed by atoms with Gasteiger partial charge in [0.05, 0.1) is 13.0 Å². The Labute approximate surface area is 140 Å². The fourth-order valence-electron chi connectivity index (χ4n) is 2.56. The zero-order chi connectivity index (χ0) is 17.5. The van der Waals surface area contributed by atoms with Gasteiger partial charge in [-0.2, -0.15) is 0 Å². The summed E-state index contributed by atoms with van der Waals surface area (Å²) in [5.41, 5.74) is 1.10. The van der Waals surface area contributed by atoms with E-state index in [1.54, 1.807) is 54.6 Å². The Morgan fingerprint density at radius 1 is 0.917 bits per heavy atom. The van der Waals surface area contributed by atoms with Gasteiger partial charge in [-0.05, 0) is 5.56 Å². The lowest BCUT2D eigenvalue weighted by Crippen LogP contribution is -2.47. The molecule has 0 saturated heterocycles. The van der Waals surface area contributed by atoms with Crippen molar-refractivity contribution in [1.82, 2.24) is 5.32 Å². The van der Waals surface area contributed by atoms with Crippen LogP contribution in [0, 0.1) is 0 Å². The molecule has 0 radical (unpaired) electrons. The monoisotopic (exact) mass is 325 g/mol. The molecular weight excluding hydrogens is 306 g/mol. The number of Topliss-reactive ketones (excluding diaryl/α,β-unsaturated/α-hetero) is 1. The van der Waals surface area contributed by atoms with Crippen molar-refractivity contribution >= 4 is 17.7 Å². The van der Waals surface area contributed by atoms with Gasteiger partial charge in [0, 0.05) is 12.5 Å². The lowest BCUT2D eigenvalue weighted by molar-refractivity contribution is -0.145. The lowest BCUT2D eigenvalue weighted by Gasteiger charge is -2.25. The smallest absolute Gasteiger partial charge is 0.329 e. The number of hydrogen-bond donors (Lipinski definition) is 1. The Bertz CT molecular complexity index is 713. The van der Waals surface area contributed by atoms with E-state index in [4.69, 9.17) is 4.74 Å². The topological polar surface area (TPSA) is 72.5 Å². The molecule has 5 heteroatoms. The third kappa shape index (κ3) is 4.07. The summed E-state index contributed by atoms with van der Waals surface area (Å²) in [6, 6.07) is 16.5. The number of ketones is 1. The van der Waals surface area contributed by atoms with Crippen LogP contribution in [0.5, 0.6) is 0 Å². The number of esters is 1. The van der Waals surface area contributed by atoms with Crippen LogP contribution in [-0.4, -0.2) is 30.8 Å². The van der Waals surface area contributed by atoms with Crippen LogP contribution in [-0.2, 0) is 14.3 Å². The normalized spacial score (nSPS) is 12.8. The van der Waals surface area contributed by atoms with Gasteiger partial charge in [0.25, 0.3) is 0 Å². The summed E-state index contributed by atoms with van der Waals surface area (Å²) in [7, 11) is 1.23. The molecule has 0 aliphatic carbocycles. The predicted octanol–water partition coefficient (Wildman–Crippen LogP) is 2.33. The number of ether oxygens (including phenoxy) is 1. The molecule has 2 aromatic rings. The van der Waals surface area contributed by atoms with E-state index >= 15 is 0 Å². The summed E-state index contributed by atoms with van der Waals surface area (Å²) in [6.07, 6.45) is 0. The zero-order valence-electron chi connectivity index (χ0n) is 13.6. The maximum Gasteiger partial charge on any atom is 0.329 e. The van der Waals surface area contributed by atoms with Crippen LogP contribution in [0.2, 0.25) is 0 Å². The number of carbonyl (C=O) groups excluding carboxylic acids is 3. The van der Waals surface area contributed by atoms with Gasteiger partial charge >= 0.3 is 5.97 Å². The molecule has 1 amide bonds. The van der Waals surface area contributed by atoms with Crippen LogP contribution in [0.3, 0.4) is 0 Å². The molecule has 5 nitrogen and oxygen atoms in total. The van der Waals surface area contributed by atoms with Crippen LogP contribution in [0.15, 0.2) is 60.7 Å². The van der Waals surface area contributed by atoms with E-state index < -0.39 is 23.8 Å². The van der Waals surface area contributed by atoms with Crippen LogP contribution in [0.1, 0.15) is 28.8 Å². The minimum atomic E-state index is -1.09. The number of rotatable bonds is 6. The van der Waals surface area contributed by atoms with Gasteiger partial charge in [-0.3, -0.25) is 9.59 Å². The average Bonchev–Trinajstić information content (AvgIpc) is 2.61. The van der Waals surface area contributed by atoms with Gasteiger partial charge in [0.1, 0.15) is 6.04 Å². The maximum atomic E-state index is 13.0. The first-order valence-electron chi connectivity index (χ1n) is 7.53. The van der Waals surface area contributed by atoms with Crippen molar-refractivity contribution in [2.75, 3.05) is 7.11 Å². The first kappa shape index (κ1) is 17.4. The van der Waals surface area contributed by atoms with E-state index in [1.165, 1.54) is 14.0 Å². The Kier molecular flexibility index (Phi) is 5.84. The van der Waals surface area contributed by atoms with Gasteiger partial charge in [-0.15, -0.1) is 0 Å². The Morgan fingerprint density at radius 2 is 1.46 bits per heavy atom. The summed E-state index contributed by atoms with van der Waals surface area (Å²) in [5, 5.41) is 2.55. The molecule has 1 N–H and O–H groups in total. The molecule has 24 heavy (non-hydrogen) atoms. The minimum Gasteiger partial charge on any atom is -0.467 e. The molecule has 2 unspecified atom stereocenters. The number of benzene rings is 2. The van der Waals surface area contributed by atoms with Crippen LogP contribution >= 0.6 is 0 Å². The third-order valence-electron chi connectivity index (χ3n) is 3.65. The number of carbonyl (C=O) groups is 3. The number of hydrogen-bond acceptors (Lipinski definition) is 4. The fraction of sp³-hybridized carbons (Fsp3) is 0.211. The molecule has 0 aliphatic heterocycles. The van der Waals surface area contributed by atoms with Crippen molar-refractivity contribution in [3.63, 3.8) is 0 Å². The Balaban J connectivity index is 2.51. The summed E-state index contributed by atoms with van der Waals surface area (Å²) in [6.45, 7) is 1.30. The first-order chi connectivity index (χ1) is 11.5. The van der Waals surface area contributed by atoms with Crippen molar-refractivity contribution in [2.24, 2.45) is 0 Å². The quantitative estimate of drug-likeness (QED) is 0.653. The van der Waals surface area contributed by atoms with Crippen molar-refractivity contribution in [3.05, 3.63) is 71.8 Å². The van der Waals surface area contributed by atoms with E-state index in [1.807, 2.05) is 6.07 Å². The Morgan fingerprint density at radius 3 is 1.96 bits per heavy atom. The van der Waals surface area contributed by atoms with Crippen LogP contribution in [0.4, 0.5) is 0 Å². The molecule has 0 aliphatic rings. The van der Waals surface area contributed by atoms with Crippen molar-refractivity contribution in [2.45, 2.75) is 18.9 Å². The van der Waals surface area contributed by atoms with Gasteiger partial charge in [0.15, 0.2) is 5.78 Å². The summed E-state index contributed by atoms with van der Waals surface area (Å²) in [4.78, 5) is 36.8. The van der Waals surface area contributed by atoms with Crippen molar-refractivity contribution in [1.29, 1.82) is 0 Å². The van der Waals surface area contributed by atoms with Crippen molar-refractivity contribution in [3.8, 4) is 0 Å². The molecule has 2 atom stereocenters. The van der Waals surface area contributed by atoms with E-state index in [9.17, 15) is 14.4 Å². The first-order valence-corrected chi connectivity index (χ1v) is 7.53. The SMILES string of the molecule is COC(=O)C(NC(C)=O)C(C(=O)c1ccccc1)c1ccccc1. The van der Waals surface area contributed by atoms with Crippen LogP contribution in [0.25, 0.3) is 0 Å². The standard InChI is InChI=1S/C19H19NO4/c1-13(21)20-17(19(23)24-2)16(14-9-5-3-6-10-14)18(22)15-11-7-4-8-12-15/h3-12,16-17H,1-2H3,(H,20,21). The highest BCUT2D eigenvalue weighted by molar-refractivity contribution is 6.04. The van der Waals surface area contributed by atoms with Gasteiger partial charge < -0.3 is 10.1 Å². The molecule has 0 heterocycles. The molecular formula is C19H19NO4. The molecule has 0 saturated carbocycles. The molecule has 2 aromatic carbocycles. The fourth-order valence-corrected chi connectivity index (χ4v) is 2.56. The number of amides is 1. The number of methoxy groups -OCH3 is 1. The summed E-state index contributed by atoms with van der Waals surface area (Å²) >= 11 is 0. The summed E-state index contributed by atoms with van der Waals surface area (Å²) in [5.74, 6) is -2.20. The Hall–Kier alpha value is -2.95.